The van der Waals surface area contributed by atoms with Crippen molar-refractivity contribution in [1.29, 1.82) is 0 Å². The van der Waals surface area contributed by atoms with Crippen LogP contribution in [0.1, 0.15) is 60.3 Å². The molecule has 0 radical (unpaired) electrons. The van der Waals surface area contributed by atoms with E-state index in [0.717, 1.165) is 50.0 Å². The Kier molecular flexibility index (Phi) is 8.27. The molecule has 0 spiro atoms. The third kappa shape index (κ3) is 6.13. The van der Waals surface area contributed by atoms with Crippen LogP contribution >= 0.6 is 23.2 Å². The highest BCUT2D eigenvalue weighted by molar-refractivity contribution is 6.42. The zero-order valence-corrected chi connectivity index (χ0v) is 23.0. The summed E-state index contributed by atoms with van der Waals surface area (Å²) >= 11 is 12.6. The van der Waals surface area contributed by atoms with E-state index in [2.05, 4.69) is 34.5 Å². The zero-order valence-electron chi connectivity index (χ0n) is 21.5. The molecule has 0 bridgehead atoms. The lowest BCUT2D eigenvalue weighted by molar-refractivity contribution is -0.137. The standard InChI is InChI=1S/C31H31Cl2F3N2O/c32-27-11-10-25(18-28(27)33)30(29(39)37-20-21-6-8-24(9-7-21)31(34,35)36)15-12-26(19-30)38-16-13-23(14-17-38)22-4-2-1-3-5-22/h1-11,18,23,26H,12-17,19-20H2,(H,37,39). The molecule has 3 aromatic carbocycles. The van der Waals surface area contributed by atoms with Crippen LogP contribution in [0.5, 0.6) is 0 Å². The summed E-state index contributed by atoms with van der Waals surface area (Å²) in [6, 6.07) is 21.2. The van der Waals surface area contributed by atoms with Gasteiger partial charge < -0.3 is 10.2 Å². The number of piperidine rings is 1. The zero-order chi connectivity index (χ0) is 27.6. The second-order valence-electron chi connectivity index (χ2n) is 10.7. The van der Waals surface area contributed by atoms with Gasteiger partial charge in [-0.25, -0.2) is 0 Å². The maximum atomic E-state index is 13.8. The van der Waals surface area contributed by atoms with Gasteiger partial charge in [-0.05, 0) is 92.1 Å². The molecule has 3 nitrogen and oxygen atoms in total. The van der Waals surface area contributed by atoms with Gasteiger partial charge in [-0.2, -0.15) is 13.2 Å². The highest BCUT2D eigenvalue weighted by Crippen LogP contribution is 2.46. The smallest absolute Gasteiger partial charge is 0.351 e. The molecule has 2 fully saturated rings. The number of amides is 1. The van der Waals surface area contributed by atoms with Crippen molar-refractivity contribution in [1.82, 2.24) is 10.2 Å². The minimum Gasteiger partial charge on any atom is -0.351 e. The number of nitrogens with zero attached hydrogens (tertiary/aromatic N) is 1. The molecule has 8 heteroatoms. The van der Waals surface area contributed by atoms with E-state index in [0.29, 0.717) is 34.4 Å². The van der Waals surface area contributed by atoms with Crippen molar-refractivity contribution >= 4 is 29.1 Å². The predicted octanol–water partition coefficient (Wildman–Crippen LogP) is 8.00. The minimum absolute atomic E-state index is 0.137. The van der Waals surface area contributed by atoms with Crippen molar-refractivity contribution in [2.24, 2.45) is 0 Å². The van der Waals surface area contributed by atoms with E-state index in [1.54, 1.807) is 12.1 Å². The molecule has 1 N–H and O–H groups in total. The van der Waals surface area contributed by atoms with Gasteiger partial charge in [-0.15, -0.1) is 0 Å². The number of hydrogen-bond donors (Lipinski definition) is 1. The highest BCUT2D eigenvalue weighted by Gasteiger charge is 2.48. The van der Waals surface area contributed by atoms with Gasteiger partial charge in [0.05, 0.1) is 21.0 Å². The maximum Gasteiger partial charge on any atom is 0.416 e. The molecule has 2 unspecified atom stereocenters. The van der Waals surface area contributed by atoms with Crippen LogP contribution in [0.25, 0.3) is 0 Å². The normalized spacial score (nSPS) is 22.6. The van der Waals surface area contributed by atoms with Crippen molar-refractivity contribution in [2.75, 3.05) is 13.1 Å². The van der Waals surface area contributed by atoms with Crippen LogP contribution in [0.15, 0.2) is 72.8 Å². The Bertz CT molecular complexity index is 1290. The average molecular weight is 576 g/mol. The lowest BCUT2D eigenvalue weighted by Gasteiger charge is -2.37. The molecule has 206 valence electrons. The van der Waals surface area contributed by atoms with E-state index in [1.807, 2.05) is 12.1 Å². The van der Waals surface area contributed by atoms with Gasteiger partial charge in [0, 0.05) is 12.6 Å². The van der Waals surface area contributed by atoms with Crippen molar-refractivity contribution in [3.8, 4) is 0 Å². The Labute approximate surface area is 237 Å². The molecular formula is C31H31Cl2F3N2O. The third-order valence-corrected chi connectivity index (χ3v) is 9.19. The molecule has 1 saturated carbocycles. The number of alkyl halides is 3. The molecule has 2 aliphatic rings. The van der Waals surface area contributed by atoms with Crippen LogP contribution < -0.4 is 5.32 Å². The van der Waals surface area contributed by atoms with Crippen molar-refractivity contribution in [2.45, 2.75) is 62.2 Å². The summed E-state index contributed by atoms with van der Waals surface area (Å²) in [4.78, 5) is 16.4. The number of carbonyl (C=O) groups is 1. The highest BCUT2D eigenvalue weighted by atomic mass is 35.5. The summed E-state index contributed by atoms with van der Waals surface area (Å²) in [6.45, 7) is 2.11. The van der Waals surface area contributed by atoms with E-state index >= 15 is 0 Å². The average Bonchev–Trinajstić information content (AvgIpc) is 3.40. The molecule has 0 aromatic heterocycles. The van der Waals surface area contributed by atoms with Gasteiger partial charge in [-0.1, -0.05) is 71.7 Å². The van der Waals surface area contributed by atoms with Gasteiger partial charge in [0.1, 0.15) is 0 Å². The summed E-state index contributed by atoms with van der Waals surface area (Å²) in [6.07, 6.45) is -0.0359. The number of nitrogens with one attached hydrogen (secondary N) is 1. The van der Waals surface area contributed by atoms with Gasteiger partial charge in [0.2, 0.25) is 5.91 Å². The Balaban J connectivity index is 1.31. The van der Waals surface area contributed by atoms with Crippen LogP contribution in [0.2, 0.25) is 10.0 Å². The molecule has 1 heterocycles. The number of benzene rings is 3. The Morgan fingerprint density at radius 3 is 2.26 bits per heavy atom. The second kappa shape index (κ2) is 11.5. The number of likely N-dealkylation sites (tertiary alicyclic amines) is 1. The number of hydrogen-bond acceptors (Lipinski definition) is 2. The molecule has 1 saturated heterocycles. The van der Waals surface area contributed by atoms with Crippen molar-refractivity contribution < 1.29 is 18.0 Å². The predicted molar refractivity (Wildman–Crippen MR) is 149 cm³/mol. The monoisotopic (exact) mass is 574 g/mol. The summed E-state index contributed by atoms with van der Waals surface area (Å²) < 4.78 is 38.8. The molecule has 1 aliphatic heterocycles. The fourth-order valence-electron chi connectivity index (χ4n) is 6.21. The lowest BCUT2D eigenvalue weighted by atomic mass is 9.77. The van der Waals surface area contributed by atoms with Crippen molar-refractivity contribution in [3.63, 3.8) is 0 Å². The van der Waals surface area contributed by atoms with Crippen LogP contribution in [0.4, 0.5) is 13.2 Å². The number of carbonyl (C=O) groups excluding carboxylic acids is 1. The molecule has 1 amide bonds. The largest absolute Gasteiger partial charge is 0.416 e. The Hall–Kier alpha value is -2.54. The fraction of sp³-hybridized carbons (Fsp3) is 0.387. The molecular weight excluding hydrogens is 544 g/mol. The minimum atomic E-state index is -4.39. The van der Waals surface area contributed by atoms with Crippen LogP contribution in [0, 0.1) is 0 Å². The van der Waals surface area contributed by atoms with Crippen LogP contribution in [0.3, 0.4) is 0 Å². The van der Waals surface area contributed by atoms with E-state index < -0.39 is 17.2 Å². The summed E-state index contributed by atoms with van der Waals surface area (Å²) in [7, 11) is 0. The van der Waals surface area contributed by atoms with Crippen molar-refractivity contribution in [3.05, 3.63) is 105 Å². The molecule has 2 atom stereocenters. The first-order valence-electron chi connectivity index (χ1n) is 13.3. The first-order valence-corrected chi connectivity index (χ1v) is 14.1. The first-order chi connectivity index (χ1) is 18.7. The molecule has 39 heavy (non-hydrogen) atoms. The van der Waals surface area contributed by atoms with E-state index in [1.165, 1.54) is 17.7 Å². The summed E-state index contributed by atoms with van der Waals surface area (Å²) in [5, 5.41) is 3.84. The van der Waals surface area contributed by atoms with Gasteiger partial charge in [0.15, 0.2) is 0 Å². The fourth-order valence-corrected chi connectivity index (χ4v) is 6.51. The number of halogens is 5. The quantitative estimate of drug-likeness (QED) is 0.323. The Morgan fingerprint density at radius 1 is 0.923 bits per heavy atom. The summed E-state index contributed by atoms with van der Waals surface area (Å²) in [5.74, 6) is 0.415. The van der Waals surface area contributed by atoms with Gasteiger partial charge in [0.25, 0.3) is 0 Å². The first kappa shape index (κ1) is 28.0. The van der Waals surface area contributed by atoms with Crippen LogP contribution in [-0.4, -0.2) is 29.9 Å². The SMILES string of the molecule is O=C(NCc1ccc(C(F)(F)F)cc1)C1(c2ccc(Cl)c(Cl)c2)CCC(N2CCC(c3ccccc3)CC2)C1. The topological polar surface area (TPSA) is 32.3 Å². The molecule has 5 rings (SSSR count). The lowest BCUT2D eigenvalue weighted by Crippen LogP contribution is -2.45. The third-order valence-electron chi connectivity index (χ3n) is 8.45. The van der Waals surface area contributed by atoms with Gasteiger partial charge >= 0.3 is 6.18 Å². The number of rotatable bonds is 6. The maximum absolute atomic E-state index is 13.8. The summed E-state index contributed by atoms with van der Waals surface area (Å²) in [5.41, 5.74) is 1.32. The second-order valence-corrected chi connectivity index (χ2v) is 11.5. The van der Waals surface area contributed by atoms with Crippen LogP contribution in [-0.2, 0) is 22.9 Å². The molecule has 1 aliphatic carbocycles. The van der Waals surface area contributed by atoms with E-state index in [-0.39, 0.29) is 18.5 Å². The van der Waals surface area contributed by atoms with E-state index in [4.69, 9.17) is 23.2 Å². The van der Waals surface area contributed by atoms with E-state index in [9.17, 15) is 18.0 Å². The Morgan fingerprint density at radius 2 is 1.62 bits per heavy atom. The van der Waals surface area contributed by atoms with Gasteiger partial charge in [-0.3, -0.25) is 4.79 Å². The molecule has 3 aromatic rings.